The largest absolute Gasteiger partial charge is 0.381 e. The molecule has 4 nitrogen and oxygen atoms in total. The lowest BCUT2D eigenvalue weighted by Crippen LogP contribution is -2.48. The molecule has 0 spiro atoms. The number of hydrogen-bond acceptors (Lipinski definition) is 4. The topological polar surface area (TPSA) is 64.3 Å². The first-order valence-corrected chi connectivity index (χ1v) is 7.08. The third-order valence-electron chi connectivity index (χ3n) is 3.53. The van der Waals surface area contributed by atoms with Crippen LogP contribution in [0, 0.1) is 12.3 Å². The Balaban J connectivity index is 1.88. The fourth-order valence-electron chi connectivity index (χ4n) is 2.28. The number of ether oxygens (including phenoxy) is 1. The van der Waals surface area contributed by atoms with E-state index in [2.05, 4.69) is 24.4 Å². The zero-order chi connectivity index (χ0) is 13.0. The first kappa shape index (κ1) is 13.5. The summed E-state index contributed by atoms with van der Waals surface area (Å²) < 4.78 is 5.31. The van der Waals surface area contributed by atoms with Gasteiger partial charge in [0.05, 0.1) is 5.41 Å². The third kappa shape index (κ3) is 3.10. The molecule has 1 aromatic heterocycles. The number of nitrogens with one attached hydrogen (secondary N) is 1. The monoisotopic (exact) mass is 268 g/mol. The quantitative estimate of drug-likeness (QED) is 0.849. The average Bonchev–Trinajstić information content (AvgIpc) is 2.76. The molecule has 0 saturated carbocycles. The summed E-state index contributed by atoms with van der Waals surface area (Å²) in [6.45, 7) is 4.79. The first-order valence-electron chi connectivity index (χ1n) is 6.26. The predicted octanol–water partition coefficient (Wildman–Crippen LogP) is 1.43. The second-order valence-corrected chi connectivity index (χ2v) is 6.25. The fraction of sp³-hybridized carbons (Fsp3) is 0.615. The van der Waals surface area contributed by atoms with Crippen molar-refractivity contribution in [1.82, 2.24) is 5.32 Å². The summed E-state index contributed by atoms with van der Waals surface area (Å²) >= 11 is 1.78. The molecular formula is C13H20N2O2S. The highest BCUT2D eigenvalue weighted by Gasteiger charge is 2.37. The van der Waals surface area contributed by atoms with E-state index in [-0.39, 0.29) is 5.91 Å². The van der Waals surface area contributed by atoms with Crippen LogP contribution in [0.2, 0.25) is 0 Å². The number of hydrogen-bond donors (Lipinski definition) is 2. The van der Waals surface area contributed by atoms with Crippen LogP contribution < -0.4 is 11.1 Å². The molecule has 1 aliphatic heterocycles. The van der Waals surface area contributed by atoms with Crippen molar-refractivity contribution in [2.75, 3.05) is 19.8 Å². The zero-order valence-corrected chi connectivity index (χ0v) is 11.5. The van der Waals surface area contributed by atoms with Crippen LogP contribution in [0.4, 0.5) is 0 Å². The van der Waals surface area contributed by atoms with Gasteiger partial charge in [-0.1, -0.05) is 0 Å². The molecule has 18 heavy (non-hydrogen) atoms. The van der Waals surface area contributed by atoms with E-state index >= 15 is 0 Å². The molecular weight excluding hydrogens is 248 g/mol. The summed E-state index contributed by atoms with van der Waals surface area (Å²) in [4.78, 5) is 14.3. The van der Waals surface area contributed by atoms with Crippen molar-refractivity contribution in [2.24, 2.45) is 11.1 Å². The number of primary amides is 1. The maximum Gasteiger partial charge on any atom is 0.225 e. The molecule has 0 bridgehead atoms. The number of carbonyl (C=O) groups excluding carboxylic acids is 1. The number of carbonyl (C=O) groups is 1. The first-order chi connectivity index (χ1) is 8.62. The van der Waals surface area contributed by atoms with Crippen molar-refractivity contribution >= 4 is 17.2 Å². The summed E-state index contributed by atoms with van der Waals surface area (Å²) in [5, 5.41) is 3.36. The minimum absolute atomic E-state index is 0.208. The van der Waals surface area contributed by atoms with Crippen LogP contribution in [0.25, 0.3) is 0 Å². The Bertz CT molecular complexity index is 411. The van der Waals surface area contributed by atoms with E-state index in [0.717, 1.165) is 19.4 Å². The van der Waals surface area contributed by atoms with Gasteiger partial charge in [0.1, 0.15) is 0 Å². The normalized spacial score (nSPS) is 18.7. The third-order valence-corrected chi connectivity index (χ3v) is 4.53. The minimum Gasteiger partial charge on any atom is -0.381 e. The van der Waals surface area contributed by atoms with Crippen LogP contribution in [-0.4, -0.2) is 25.7 Å². The van der Waals surface area contributed by atoms with Gasteiger partial charge in [0.15, 0.2) is 0 Å². The summed E-state index contributed by atoms with van der Waals surface area (Å²) in [5.74, 6) is -0.208. The van der Waals surface area contributed by atoms with Gasteiger partial charge in [-0.25, -0.2) is 0 Å². The van der Waals surface area contributed by atoms with E-state index in [9.17, 15) is 4.79 Å². The lowest BCUT2D eigenvalue weighted by molar-refractivity contribution is -0.132. The summed E-state index contributed by atoms with van der Waals surface area (Å²) in [6.07, 6.45) is 1.44. The summed E-state index contributed by atoms with van der Waals surface area (Å²) in [6, 6.07) is 4.23. The van der Waals surface area contributed by atoms with Crippen molar-refractivity contribution in [1.29, 1.82) is 0 Å². The van der Waals surface area contributed by atoms with Crippen LogP contribution in [-0.2, 0) is 16.1 Å². The Hall–Kier alpha value is -0.910. The molecule has 0 aliphatic carbocycles. The van der Waals surface area contributed by atoms with Crippen LogP contribution in [0.5, 0.6) is 0 Å². The van der Waals surface area contributed by atoms with E-state index in [4.69, 9.17) is 10.5 Å². The Morgan fingerprint density at radius 1 is 1.50 bits per heavy atom. The average molecular weight is 268 g/mol. The van der Waals surface area contributed by atoms with Gasteiger partial charge in [0.2, 0.25) is 5.91 Å². The van der Waals surface area contributed by atoms with Gasteiger partial charge >= 0.3 is 0 Å². The highest BCUT2D eigenvalue weighted by Crippen LogP contribution is 2.29. The Labute approximate surface area is 112 Å². The van der Waals surface area contributed by atoms with E-state index < -0.39 is 5.41 Å². The van der Waals surface area contributed by atoms with Crippen molar-refractivity contribution in [2.45, 2.75) is 26.3 Å². The second kappa shape index (κ2) is 5.82. The molecule has 0 aromatic carbocycles. The molecule has 0 radical (unpaired) electrons. The Morgan fingerprint density at radius 3 is 2.78 bits per heavy atom. The predicted molar refractivity (Wildman–Crippen MR) is 72.4 cm³/mol. The molecule has 1 amide bonds. The number of amides is 1. The molecule has 1 aromatic rings. The number of aryl methyl sites for hydroxylation is 1. The summed E-state index contributed by atoms with van der Waals surface area (Å²) in [7, 11) is 0. The molecule has 2 heterocycles. The van der Waals surface area contributed by atoms with Gasteiger partial charge in [-0.15, -0.1) is 11.3 Å². The maximum atomic E-state index is 11.7. The van der Waals surface area contributed by atoms with E-state index in [0.29, 0.717) is 19.8 Å². The summed E-state index contributed by atoms with van der Waals surface area (Å²) in [5.41, 5.74) is 5.13. The van der Waals surface area contributed by atoms with Crippen LogP contribution in [0.15, 0.2) is 12.1 Å². The van der Waals surface area contributed by atoms with Crippen LogP contribution >= 0.6 is 11.3 Å². The smallest absolute Gasteiger partial charge is 0.225 e. The second-order valence-electron chi connectivity index (χ2n) is 4.87. The lowest BCUT2D eigenvalue weighted by atomic mass is 9.79. The molecule has 0 unspecified atom stereocenters. The lowest BCUT2D eigenvalue weighted by Gasteiger charge is -2.34. The molecule has 1 fully saturated rings. The van der Waals surface area contributed by atoms with Gasteiger partial charge in [0.25, 0.3) is 0 Å². The van der Waals surface area contributed by atoms with Gasteiger partial charge in [-0.05, 0) is 31.9 Å². The standard InChI is InChI=1S/C13H20N2O2S/c1-10-2-3-11(18-10)8-15-9-13(12(14)16)4-6-17-7-5-13/h2-3,15H,4-9H2,1H3,(H2,14,16). The van der Waals surface area contributed by atoms with E-state index in [1.807, 2.05) is 0 Å². The fourth-order valence-corrected chi connectivity index (χ4v) is 3.14. The number of thiophene rings is 1. The minimum atomic E-state index is -0.426. The molecule has 3 N–H and O–H groups in total. The number of nitrogens with two attached hydrogens (primary N) is 1. The molecule has 2 rings (SSSR count). The molecule has 1 saturated heterocycles. The van der Waals surface area contributed by atoms with Gasteiger partial charge in [0, 0.05) is 36.1 Å². The van der Waals surface area contributed by atoms with E-state index in [1.165, 1.54) is 9.75 Å². The van der Waals surface area contributed by atoms with Crippen molar-refractivity contribution in [3.8, 4) is 0 Å². The highest BCUT2D eigenvalue weighted by atomic mass is 32.1. The maximum absolute atomic E-state index is 11.7. The highest BCUT2D eigenvalue weighted by molar-refractivity contribution is 7.11. The molecule has 5 heteroatoms. The van der Waals surface area contributed by atoms with E-state index in [1.54, 1.807) is 11.3 Å². The molecule has 100 valence electrons. The van der Waals surface area contributed by atoms with Gasteiger partial charge in [-0.3, -0.25) is 4.79 Å². The van der Waals surface area contributed by atoms with Crippen LogP contribution in [0.1, 0.15) is 22.6 Å². The van der Waals surface area contributed by atoms with Crippen molar-refractivity contribution in [3.63, 3.8) is 0 Å². The molecule has 0 atom stereocenters. The molecule has 1 aliphatic rings. The van der Waals surface area contributed by atoms with Crippen LogP contribution in [0.3, 0.4) is 0 Å². The van der Waals surface area contributed by atoms with Gasteiger partial charge < -0.3 is 15.8 Å². The van der Waals surface area contributed by atoms with Crippen molar-refractivity contribution in [3.05, 3.63) is 21.9 Å². The SMILES string of the molecule is Cc1ccc(CNCC2(C(N)=O)CCOCC2)s1. The van der Waals surface area contributed by atoms with Crippen molar-refractivity contribution < 1.29 is 9.53 Å². The Kier molecular flexibility index (Phi) is 4.37. The number of rotatable bonds is 5. The zero-order valence-electron chi connectivity index (χ0n) is 10.7. The van der Waals surface area contributed by atoms with Gasteiger partial charge in [-0.2, -0.15) is 0 Å². The Morgan fingerprint density at radius 2 is 2.22 bits per heavy atom.